The molecule has 1 aromatic rings. The Morgan fingerprint density at radius 2 is 2.13 bits per heavy atom. The normalized spacial score (nSPS) is 22.7. The minimum absolute atomic E-state index is 0.151. The highest BCUT2D eigenvalue weighted by atomic mass is 16.7. The molecule has 6 heteroatoms. The summed E-state index contributed by atoms with van der Waals surface area (Å²) in [7, 11) is 0. The van der Waals surface area contributed by atoms with Crippen LogP contribution in [0.3, 0.4) is 0 Å². The van der Waals surface area contributed by atoms with Crippen molar-refractivity contribution in [2.24, 2.45) is 5.41 Å². The van der Waals surface area contributed by atoms with Crippen LogP contribution in [0.25, 0.3) is 0 Å². The second kappa shape index (κ2) is 5.95. The lowest BCUT2D eigenvalue weighted by Crippen LogP contribution is -2.49. The highest BCUT2D eigenvalue weighted by molar-refractivity contribution is 5.95. The van der Waals surface area contributed by atoms with Gasteiger partial charge in [0.15, 0.2) is 11.5 Å². The van der Waals surface area contributed by atoms with E-state index < -0.39 is 11.4 Å². The quantitative estimate of drug-likeness (QED) is 0.862. The molecule has 122 valence electrons. The molecule has 1 saturated heterocycles. The molecule has 1 aromatic carbocycles. The van der Waals surface area contributed by atoms with Crippen molar-refractivity contribution in [3.63, 3.8) is 0 Å². The van der Waals surface area contributed by atoms with E-state index in [2.05, 4.69) is 6.58 Å². The lowest BCUT2D eigenvalue weighted by molar-refractivity contribution is -0.151. The molecular formula is C17H19NO5. The zero-order valence-corrected chi connectivity index (χ0v) is 12.8. The Hall–Kier alpha value is -2.50. The molecule has 0 radical (unpaired) electrons. The molecule has 23 heavy (non-hydrogen) atoms. The van der Waals surface area contributed by atoms with E-state index in [-0.39, 0.29) is 19.2 Å². The number of carboxylic acids is 1. The fourth-order valence-corrected chi connectivity index (χ4v) is 3.22. The van der Waals surface area contributed by atoms with Crippen molar-refractivity contribution in [3.8, 4) is 11.5 Å². The van der Waals surface area contributed by atoms with Gasteiger partial charge in [-0.3, -0.25) is 9.59 Å². The van der Waals surface area contributed by atoms with Crippen molar-refractivity contribution < 1.29 is 24.2 Å². The van der Waals surface area contributed by atoms with E-state index in [0.717, 1.165) is 0 Å². The zero-order chi connectivity index (χ0) is 16.4. The predicted molar refractivity (Wildman–Crippen MR) is 82.6 cm³/mol. The van der Waals surface area contributed by atoms with Crippen molar-refractivity contribution in [1.82, 2.24) is 4.90 Å². The van der Waals surface area contributed by atoms with Crippen LogP contribution < -0.4 is 9.47 Å². The molecule has 2 aliphatic heterocycles. The molecule has 0 aliphatic carbocycles. The van der Waals surface area contributed by atoms with E-state index in [0.29, 0.717) is 42.9 Å². The van der Waals surface area contributed by atoms with E-state index in [1.54, 1.807) is 29.2 Å². The molecule has 0 unspecified atom stereocenters. The number of allylic oxidation sites excluding steroid dienone is 1. The van der Waals surface area contributed by atoms with Crippen LogP contribution in [0.5, 0.6) is 11.5 Å². The lowest BCUT2D eigenvalue weighted by atomic mass is 9.77. The summed E-state index contributed by atoms with van der Waals surface area (Å²) in [6.07, 6.45) is 3.19. The van der Waals surface area contributed by atoms with Gasteiger partial charge in [0, 0.05) is 18.7 Å². The van der Waals surface area contributed by atoms with Crippen molar-refractivity contribution in [1.29, 1.82) is 0 Å². The number of aliphatic carboxylic acids is 1. The van der Waals surface area contributed by atoms with Crippen LogP contribution in [0.1, 0.15) is 29.6 Å². The molecule has 0 spiro atoms. The topological polar surface area (TPSA) is 76.1 Å². The van der Waals surface area contributed by atoms with Gasteiger partial charge < -0.3 is 19.5 Å². The molecular weight excluding hydrogens is 298 g/mol. The average molecular weight is 317 g/mol. The number of fused-ring (bicyclic) bond motifs is 1. The van der Waals surface area contributed by atoms with Crippen LogP contribution in [0.15, 0.2) is 30.9 Å². The molecule has 3 rings (SSSR count). The first kappa shape index (κ1) is 15.4. The fraction of sp³-hybridized carbons (Fsp3) is 0.412. The van der Waals surface area contributed by atoms with Gasteiger partial charge in [-0.05, 0) is 37.5 Å². The Morgan fingerprint density at radius 1 is 1.35 bits per heavy atom. The first-order valence-electron chi connectivity index (χ1n) is 7.59. The van der Waals surface area contributed by atoms with E-state index in [1.165, 1.54) is 0 Å². The smallest absolute Gasteiger partial charge is 0.311 e. The SMILES string of the molecule is C=CC[C@]1(C(=O)O)CCCN(C(=O)c2ccc3c(c2)OCO3)C1. The summed E-state index contributed by atoms with van der Waals surface area (Å²) in [6.45, 7) is 4.55. The maximum Gasteiger partial charge on any atom is 0.311 e. The summed E-state index contributed by atoms with van der Waals surface area (Å²) in [4.78, 5) is 26.0. The van der Waals surface area contributed by atoms with Gasteiger partial charge in [0.2, 0.25) is 6.79 Å². The molecule has 0 saturated carbocycles. The van der Waals surface area contributed by atoms with Gasteiger partial charge in [0.05, 0.1) is 5.41 Å². The molecule has 1 fully saturated rings. The van der Waals surface area contributed by atoms with Crippen LogP contribution in [0, 0.1) is 5.41 Å². The second-order valence-corrected chi connectivity index (χ2v) is 5.98. The number of carbonyl (C=O) groups is 2. The van der Waals surface area contributed by atoms with E-state index in [4.69, 9.17) is 9.47 Å². The third-order valence-corrected chi connectivity index (χ3v) is 4.47. The zero-order valence-electron chi connectivity index (χ0n) is 12.8. The van der Waals surface area contributed by atoms with Gasteiger partial charge in [-0.1, -0.05) is 6.08 Å². The standard InChI is InChI=1S/C17H19NO5/c1-2-6-17(16(20)21)7-3-8-18(10-17)15(19)12-4-5-13-14(9-12)23-11-22-13/h2,4-5,9H,1,3,6-8,10-11H2,(H,20,21)/t17-/m0/s1. The largest absolute Gasteiger partial charge is 0.481 e. The molecule has 1 amide bonds. The number of amides is 1. The molecule has 1 N–H and O–H groups in total. The Kier molecular flexibility index (Phi) is 3.98. The summed E-state index contributed by atoms with van der Waals surface area (Å²) >= 11 is 0. The first-order chi connectivity index (χ1) is 11.1. The Morgan fingerprint density at radius 3 is 2.87 bits per heavy atom. The molecule has 2 aliphatic rings. The number of rotatable bonds is 4. The summed E-state index contributed by atoms with van der Waals surface area (Å²) in [5.41, 5.74) is -0.458. The number of ether oxygens (including phenoxy) is 2. The first-order valence-corrected chi connectivity index (χ1v) is 7.59. The van der Waals surface area contributed by atoms with Crippen LogP contribution in [0.2, 0.25) is 0 Å². The predicted octanol–water partition coefficient (Wildman–Crippen LogP) is 2.30. The highest BCUT2D eigenvalue weighted by Gasteiger charge is 2.42. The number of hydrogen-bond donors (Lipinski definition) is 1. The number of piperidine rings is 1. The van der Waals surface area contributed by atoms with Crippen molar-refractivity contribution >= 4 is 11.9 Å². The van der Waals surface area contributed by atoms with Crippen LogP contribution in [-0.2, 0) is 4.79 Å². The summed E-state index contributed by atoms with van der Waals surface area (Å²) in [6, 6.07) is 5.03. The highest BCUT2D eigenvalue weighted by Crippen LogP contribution is 2.36. The Bertz CT molecular complexity index is 656. The van der Waals surface area contributed by atoms with Gasteiger partial charge in [-0.15, -0.1) is 6.58 Å². The van der Waals surface area contributed by atoms with E-state index in [9.17, 15) is 14.7 Å². The van der Waals surface area contributed by atoms with Crippen LogP contribution in [-0.4, -0.2) is 41.8 Å². The third-order valence-electron chi connectivity index (χ3n) is 4.47. The van der Waals surface area contributed by atoms with Crippen molar-refractivity contribution in [2.75, 3.05) is 19.9 Å². The molecule has 2 heterocycles. The number of carboxylic acid groups (broad SMARTS) is 1. The number of hydrogen-bond acceptors (Lipinski definition) is 4. The molecule has 0 bridgehead atoms. The van der Waals surface area contributed by atoms with E-state index in [1.807, 2.05) is 0 Å². The number of carbonyl (C=O) groups excluding carboxylic acids is 1. The van der Waals surface area contributed by atoms with Crippen LogP contribution in [0.4, 0.5) is 0 Å². The number of benzene rings is 1. The van der Waals surface area contributed by atoms with Gasteiger partial charge in [0.1, 0.15) is 0 Å². The average Bonchev–Trinajstić information content (AvgIpc) is 3.02. The number of likely N-dealkylation sites (tertiary alicyclic amines) is 1. The number of nitrogens with zero attached hydrogens (tertiary/aromatic N) is 1. The third kappa shape index (κ3) is 2.76. The maximum absolute atomic E-state index is 12.7. The lowest BCUT2D eigenvalue weighted by Gasteiger charge is -2.39. The minimum Gasteiger partial charge on any atom is -0.481 e. The minimum atomic E-state index is -0.938. The second-order valence-electron chi connectivity index (χ2n) is 5.98. The van der Waals surface area contributed by atoms with Gasteiger partial charge in [-0.2, -0.15) is 0 Å². The Balaban J connectivity index is 1.82. The summed E-state index contributed by atoms with van der Waals surface area (Å²) in [5.74, 6) is 0.105. The van der Waals surface area contributed by atoms with Crippen LogP contribution >= 0.6 is 0 Å². The summed E-state index contributed by atoms with van der Waals surface area (Å²) < 4.78 is 10.5. The summed E-state index contributed by atoms with van der Waals surface area (Å²) in [5, 5.41) is 9.59. The Labute approximate surface area is 134 Å². The van der Waals surface area contributed by atoms with E-state index >= 15 is 0 Å². The maximum atomic E-state index is 12.7. The molecule has 1 atom stereocenters. The van der Waals surface area contributed by atoms with Gasteiger partial charge >= 0.3 is 5.97 Å². The fourth-order valence-electron chi connectivity index (χ4n) is 3.22. The monoisotopic (exact) mass is 317 g/mol. The van der Waals surface area contributed by atoms with Crippen molar-refractivity contribution in [3.05, 3.63) is 36.4 Å². The molecule has 6 nitrogen and oxygen atoms in total. The van der Waals surface area contributed by atoms with Crippen molar-refractivity contribution in [2.45, 2.75) is 19.3 Å². The van der Waals surface area contributed by atoms with Gasteiger partial charge in [-0.25, -0.2) is 0 Å². The van der Waals surface area contributed by atoms with Gasteiger partial charge in [0.25, 0.3) is 5.91 Å². The molecule has 0 aromatic heterocycles.